The van der Waals surface area contributed by atoms with E-state index >= 15 is 0 Å². The number of rotatable bonds is 5. The standard InChI is InChI=1S/C21H21N9/c1-2-15(11-22-7-1)17-5-8-23-21(26-17)29-9-6-16(12-29)25-19-10-18(14-3-4-14)28-30-13-24-27-20(19)30/h1-2,5,7-8,10-11,13-14,16,25H,3-4,6,9,12H2. The van der Waals surface area contributed by atoms with E-state index < -0.39 is 0 Å². The lowest BCUT2D eigenvalue weighted by molar-refractivity contribution is 0.795. The van der Waals surface area contributed by atoms with Crippen LogP contribution in [0.3, 0.4) is 0 Å². The van der Waals surface area contributed by atoms with Gasteiger partial charge in [0.15, 0.2) is 0 Å². The maximum absolute atomic E-state index is 4.76. The number of nitrogens with one attached hydrogen (secondary N) is 1. The van der Waals surface area contributed by atoms with Crippen LogP contribution in [0.1, 0.15) is 30.9 Å². The van der Waals surface area contributed by atoms with Gasteiger partial charge >= 0.3 is 0 Å². The van der Waals surface area contributed by atoms with Crippen molar-refractivity contribution in [2.24, 2.45) is 0 Å². The first kappa shape index (κ1) is 17.3. The van der Waals surface area contributed by atoms with Gasteiger partial charge in [0.2, 0.25) is 11.6 Å². The Balaban J connectivity index is 1.22. The molecule has 30 heavy (non-hydrogen) atoms. The second kappa shape index (κ2) is 7.01. The molecule has 1 aliphatic carbocycles. The van der Waals surface area contributed by atoms with Gasteiger partial charge in [0, 0.05) is 49.2 Å². The van der Waals surface area contributed by atoms with Crippen LogP contribution in [0, 0.1) is 0 Å². The van der Waals surface area contributed by atoms with Gasteiger partial charge in [0.1, 0.15) is 6.33 Å². The van der Waals surface area contributed by atoms with Crippen molar-refractivity contribution >= 4 is 17.3 Å². The van der Waals surface area contributed by atoms with E-state index in [1.807, 2.05) is 30.6 Å². The predicted octanol–water partition coefficient (Wildman–Crippen LogP) is 2.54. The average Bonchev–Trinajstić information content (AvgIpc) is 3.35. The number of anilines is 2. The van der Waals surface area contributed by atoms with Gasteiger partial charge in [-0.05, 0) is 43.5 Å². The fraction of sp³-hybridized carbons (Fsp3) is 0.333. The Morgan fingerprint density at radius 3 is 2.93 bits per heavy atom. The molecular formula is C21H21N9. The van der Waals surface area contributed by atoms with Gasteiger partial charge in [-0.2, -0.15) is 9.61 Å². The van der Waals surface area contributed by atoms with Crippen LogP contribution < -0.4 is 10.2 Å². The molecule has 1 aliphatic heterocycles. The number of pyridine rings is 1. The number of hydrogen-bond acceptors (Lipinski definition) is 8. The Morgan fingerprint density at radius 1 is 1.10 bits per heavy atom. The van der Waals surface area contributed by atoms with Crippen molar-refractivity contribution in [3.63, 3.8) is 0 Å². The lowest BCUT2D eigenvalue weighted by atomic mass is 10.2. The highest BCUT2D eigenvalue weighted by molar-refractivity contribution is 5.67. The molecule has 4 aromatic heterocycles. The molecular weight excluding hydrogens is 378 g/mol. The van der Waals surface area contributed by atoms with Crippen molar-refractivity contribution < 1.29 is 0 Å². The maximum Gasteiger partial charge on any atom is 0.225 e. The quantitative estimate of drug-likeness (QED) is 0.547. The van der Waals surface area contributed by atoms with Crippen LogP contribution >= 0.6 is 0 Å². The van der Waals surface area contributed by atoms with Gasteiger partial charge in [-0.1, -0.05) is 0 Å². The second-order valence-electron chi connectivity index (χ2n) is 7.92. The first-order valence-corrected chi connectivity index (χ1v) is 10.3. The minimum Gasteiger partial charge on any atom is -0.377 e. The molecule has 150 valence electrons. The van der Waals surface area contributed by atoms with Crippen molar-refractivity contribution in [1.82, 2.24) is 34.8 Å². The molecule has 0 amide bonds. The smallest absolute Gasteiger partial charge is 0.225 e. The molecule has 5 heterocycles. The molecule has 0 radical (unpaired) electrons. The zero-order chi connectivity index (χ0) is 19.9. The Morgan fingerprint density at radius 2 is 2.07 bits per heavy atom. The van der Waals surface area contributed by atoms with E-state index in [1.54, 1.807) is 17.0 Å². The summed E-state index contributed by atoms with van der Waals surface area (Å²) in [5.41, 5.74) is 4.77. The van der Waals surface area contributed by atoms with Crippen LogP contribution in [0.15, 0.2) is 49.2 Å². The third-order valence-electron chi connectivity index (χ3n) is 5.71. The highest BCUT2D eigenvalue weighted by Gasteiger charge is 2.29. The summed E-state index contributed by atoms with van der Waals surface area (Å²) in [5, 5.41) is 16.6. The summed E-state index contributed by atoms with van der Waals surface area (Å²) in [4.78, 5) is 15.7. The number of nitrogens with zero attached hydrogens (tertiary/aromatic N) is 8. The van der Waals surface area contributed by atoms with Gasteiger partial charge < -0.3 is 10.2 Å². The SMILES string of the molecule is c1cncc(-c2ccnc(N3CCC(Nc4cc(C5CC5)nn5cnnc45)C3)n2)c1. The van der Waals surface area contributed by atoms with Crippen molar-refractivity contribution in [3.8, 4) is 11.3 Å². The molecule has 6 rings (SSSR count). The molecule has 1 atom stereocenters. The van der Waals surface area contributed by atoms with Crippen LogP contribution in [0.2, 0.25) is 0 Å². The van der Waals surface area contributed by atoms with E-state index in [2.05, 4.69) is 41.5 Å². The fourth-order valence-electron chi connectivity index (χ4n) is 3.99. The molecule has 1 N–H and O–H groups in total. The lowest BCUT2D eigenvalue weighted by Gasteiger charge is -2.18. The maximum atomic E-state index is 4.76. The van der Waals surface area contributed by atoms with Crippen molar-refractivity contribution in [1.29, 1.82) is 0 Å². The molecule has 2 fully saturated rings. The Labute approximate surface area is 173 Å². The Hall–Kier alpha value is -3.62. The van der Waals surface area contributed by atoms with E-state index in [-0.39, 0.29) is 6.04 Å². The van der Waals surface area contributed by atoms with Crippen LogP contribution in [0.4, 0.5) is 11.6 Å². The van der Waals surface area contributed by atoms with Crippen molar-refractivity contribution in [3.05, 3.63) is 54.9 Å². The van der Waals surface area contributed by atoms with Gasteiger partial charge in [-0.3, -0.25) is 4.98 Å². The van der Waals surface area contributed by atoms with Gasteiger partial charge in [-0.15, -0.1) is 10.2 Å². The molecule has 0 bridgehead atoms. The van der Waals surface area contributed by atoms with Crippen LogP contribution in [0.5, 0.6) is 0 Å². The molecule has 9 heteroatoms. The molecule has 1 saturated carbocycles. The van der Waals surface area contributed by atoms with E-state index in [0.29, 0.717) is 5.92 Å². The minimum absolute atomic E-state index is 0.283. The summed E-state index contributed by atoms with van der Waals surface area (Å²) >= 11 is 0. The Bertz CT molecular complexity index is 1190. The molecule has 9 nitrogen and oxygen atoms in total. The highest BCUT2D eigenvalue weighted by Crippen LogP contribution is 2.40. The molecule has 1 unspecified atom stereocenters. The summed E-state index contributed by atoms with van der Waals surface area (Å²) in [6, 6.07) is 8.28. The van der Waals surface area contributed by atoms with E-state index in [1.165, 1.54) is 12.8 Å². The first-order chi connectivity index (χ1) is 14.8. The fourth-order valence-corrected chi connectivity index (χ4v) is 3.99. The molecule has 2 aliphatic rings. The van der Waals surface area contributed by atoms with Gasteiger partial charge in [0.25, 0.3) is 0 Å². The average molecular weight is 399 g/mol. The zero-order valence-electron chi connectivity index (χ0n) is 16.4. The van der Waals surface area contributed by atoms with Crippen LogP contribution in [-0.4, -0.2) is 53.9 Å². The summed E-state index contributed by atoms with van der Waals surface area (Å²) in [6.45, 7) is 1.73. The number of hydrogen-bond donors (Lipinski definition) is 1. The summed E-state index contributed by atoms with van der Waals surface area (Å²) in [7, 11) is 0. The third kappa shape index (κ3) is 3.22. The summed E-state index contributed by atoms with van der Waals surface area (Å²) in [5.74, 6) is 1.32. The second-order valence-corrected chi connectivity index (χ2v) is 7.92. The summed E-state index contributed by atoms with van der Waals surface area (Å²) in [6.07, 6.45) is 10.5. The monoisotopic (exact) mass is 399 g/mol. The molecule has 0 aromatic carbocycles. The minimum atomic E-state index is 0.283. The van der Waals surface area contributed by atoms with E-state index in [9.17, 15) is 0 Å². The summed E-state index contributed by atoms with van der Waals surface area (Å²) < 4.78 is 1.78. The number of aromatic nitrogens is 7. The normalized spacial score (nSPS) is 18.8. The van der Waals surface area contributed by atoms with Gasteiger partial charge in [0.05, 0.1) is 17.1 Å². The zero-order valence-corrected chi connectivity index (χ0v) is 16.4. The topological polar surface area (TPSA) is 97.0 Å². The van der Waals surface area contributed by atoms with E-state index in [0.717, 1.165) is 53.7 Å². The molecule has 0 spiro atoms. The largest absolute Gasteiger partial charge is 0.377 e. The molecule has 4 aromatic rings. The van der Waals surface area contributed by atoms with Gasteiger partial charge in [-0.25, -0.2) is 9.97 Å². The Kier molecular flexibility index (Phi) is 4.03. The predicted molar refractivity (Wildman–Crippen MR) is 112 cm³/mol. The highest BCUT2D eigenvalue weighted by atomic mass is 15.4. The van der Waals surface area contributed by atoms with Crippen molar-refractivity contribution in [2.75, 3.05) is 23.3 Å². The molecule has 1 saturated heterocycles. The third-order valence-corrected chi connectivity index (χ3v) is 5.71. The first-order valence-electron chi connectivity index (χ1n) is 10.3. The van der Waals surface area contributed by atoms with Crippen LogP contribution in [0.25, 0.3) is 16.9 Å². The van der Waals surface area contributed by atoms with E-state index in [4.69, 9.17) is 4.98 Å². The van der Waals surface area contributed by atoms with Crippen LogP contribution in [-0.2, 0) is 0 Å². The van der Waals surface area contributed by atoms with Crippen molar-refractivity contribution in [2.45, 2.75) is 31.2 Å². The lowest BCUT2D eigenvalue weighted by Crippen LogP contribution is -2.27. The number of fused-ring (bicyclic) bond motifs is 1.